The average molecular weight is 256 g/mol. The molecule has 0 fully saturated rings. The second-order valence-electron chi connectivity index (χ2n) is 7.11. The lowest BCUT2D eigenvalue weighted by molar-refractivity contribution is 0.432. The largest absolute Gasteiger partial charge is 0.129 e. The highest BCUT2D eigenvalue weighted by Gasteiger charge is 2.27. The van der Waals surface area contributed by atoms with E-state index in [1.54, 1.807) is 0 Å². The van der Waals surface area contributed by atoms with Crippen molar-refractivity contribution in [3.63, 3.8) is 0 Å². The van der Waals surface area contributed by atoms with Crippen molar-refractivity contribution in [3.05, 3.63) is 34.9 Å². The van der Waals surface area contributed by atoms with Crippen LogP contribution in [0.3, 0.4) is 0 Å². The van der Waals surface area contributed by atoms with Gasteiger partial charge in [0.05, 0.1) is 0 Å². The fourth-order valence-electron chi connectivity index (χ4n) is 2.62. The lowest BCUT2D eigenvalue weighted by atomic mass is 9.72. The van der Waals surface area contributed by atoms with Gasteiger partial charge in [0.1, 0.15) is 8.07 Å². The molecular weight excluding hydrogens is 232 g/mol. The van der Waals surface area contributed by atoms with E-state index in [0.29, 0.717) is 5.41 Å². The van der Waals surface area contributed by atoms with Crippen LogP contribution >= 0.6 is 0 Å². The Morgan fingerprint density at radius 1 is 1.17 bits per heavy atom. The Balaban J connectivity index is 2.39. The third-order valence-electron chi connectivity index (χ3n) is 3.67. The fraction of sp³-hybridized carbons (Fsp3) is 0.529. The molecule has 1 aliphatic rings. The first-order chi connectivity index (χ1) is 8.28. The van der Waals surface area contributed by atoms with Crippen molar-refractivity contribution in [2.75, 3.05) is 0 Å². The van der Waals surface area contributed by atoms with Gasteiger partial charge in [-0.1, -0.05) is 45.5 Å². The molecule has 2 rings (SSSR count). The molecule has 1 aliphatic carbocycles. The lowest BCUT2D eigenvalue weighted by Crippen LogP contribution is -2.23. The maximum absolute atomic E-state index is 3.46. The van der Waals surface area contributed by atoms with Crippen LogP contribution < -0.4 is 0 Å². The van der Waals surface area contributed by atoms with Crippen molar-refractivity contribution in [2.45, 2.75) is 58.2 Å². The van der Waals surface area contributed by atoms with Crippen LogP contribution in [0.25, 0.3) is 0 Å². The first-order valence-electron chi connectivity index (χ1n) is 6.95. The maximum atomic E-state index is 3.46. The van der Waals surface area contributed by atoms with Crippen LogP contribution in [0.2, 0.25) is 19.6 Å². The second kappa shape index (κ2) is 4.59. The van der Waals surface area contributed by atoms with Crippen LogP contribution in [0.5, 0.6) is 0 Å². The number of hydrogen-bond donors (Lipinski definition) is 0. The second-order valence-corrected chi connectivity index (χ2v) is 11.9. The number of rotatable bonds is 0. The summed E-state index contributed by atoms with van der Waals surface area (Å²) >= 11 is 0. The molecule has 1 aromatic rings. The molecule has 96 valence electrons. The predicted molar refractivity (Wildman–Crippen MR) is 82.6 cm³/mol. The summed E-state index contributed by atoms with van der Waals surface area (Å²) in [4.78, 5) is 0. The average Bonchev–Trinajstić information content (AvgIpc) is 2.25. The van der Waals surface area contributed by atoms with Crippen LogP contribution in [-0.2, 0) is 11.8 Å². The van der Waals surface area contributed by atoms with E-state index in [4.69, 9.17) is 0 Å². The molecule has 0 aromatic heterocycles. The van der Waals surface area contributed by atoms with Gasteiger partial charge in [-0.2, -0.15) is 0 Å². The number of benzene rings is 1. The summed E-state index contributed by atoms with van der Waals surface area (Å²) in [5, 5.41) is 0. The lowest BCUT2D eigenvalue weighted by Gasteiger charge is -2.32. The van der Waals surface area contributed by atoms with Crippen LogP contribution in [0.1, 0.15) is 43.4 Å². The van der Waals surface area contributed by atoms with Gasteiger partial charge in [-0.3, -0.25) is 0 Å². The van der Waals surface area contributed by atoms with Gasteiger partial charge >= 0.3 is 0 Å². The fourth-order valence-corrected chi connectivity index (χ4v) is 3.14. The van der Waals surface area contributed by atoms with Gasteiger partial charge in [-0.05, 0) is 47.9 Å². The Morgan fingerprint density at radius 2 is 1.89 bits per heavy atom. The summed E-state index contributed by atoms with van der Waals surface area (Å²) in [6.07, 6.45) is 3.85. The molecule has 0 nitrogen and oxygen atoms in total. The summed E-state index contributed by atoms with van der Waals surface area (Å²) in [7, 11) is -1.27. The highest BCUT2D eigenvalue weighted by Crippen LogP contribution is 2.36. The van der Waals surface area contributed by atoms with Crippen molar-refractivity contribution in [3.8, 4) is 11.5 Å². The van der Waals surface area contributed by atoms with E-state index in [1.165, 1.54) is 36.0 Å². The number of hydrogen-bond acceptors (Lipinski definition) is 0. The van der Waals surface area contributed by atoms with Crippen LogP contribution in [0, 0.1) is 11.5 Å². The van der Waals surface area contributed by atoms with Crippen molar-refractivity contribution in [2.24, 2.45) is 0 Å². The van der Waals surface area contributed by atoms with Gasteiger partial charge < -0.3 is 0 Å². The summed E-state index contributed by atoms with van der Waals surface area (Å²) in [5.74, 6) is 3.38. The zero-order valence-corrected chi connectivity index (χ0v) is 13.4. The summed E-state index contributed by atoms with van der Waals surface area (Å²) < 4.78 is 0. The van der Waals surface area contributed by atoms with E-state index in [9.17, 15) is 0 Å². The van der Waals surface area contributed by atoms with E-state index in [2.05, 4.69) is 63.2 Å². The summed E-state index contributed by atoms with van der Waals surface area (Å²) in [6.45, 7) is 11.6. The number of fused-ring (bicyclic) bond motifs is 1. The molecule has 0 aliphatic heterocycles. The van der Waals surface area contributed by atoms with E-state index >= 15 is 0 Å². The van der Waals surface area contributed by atoms with Gasteiger partial charge in [0.25, 0.3) is 0 Å². The highest BCUT2D eigenvalue weighted by atomic mass is 28.3. The zero-order valence-electron chi connectivity index (χ0n) is 12.4. The van der Waals surface area contributed by atoms with Gasteiger partial charge in [-0.25, -0.2) is 0 Å². The normalized spacial score (nSPS) is 17.6. The zero-order chi connectivity index (χ0) is 13.4. The SMILES string of the molecule is CC1(C)CCCc2ccc(C#C[Si](C)(C)C)cc21. The molecule has 1 aromatic carbocycles. The Labute approximate surface area is 113 Å². The van der Waals surface area contributed by atoms with Crippen LogP contribution in [0.4, 0.5) is 0 Å². The van der Waals surface area contributed by atoms with E-state index in [1.807, 2.05) is 0 Å². The molecule has 0 spiro atoms. The molecule has 0 radical (unpaired) electrons. The molecule has 0 atom stereocenters. The molecule has 0 saturated heterocycles. The van der Waals surface area contributed by atoms with Crippen molar-refractivity contribution in [1.82, 2.24) is 0 Å². The molecular formula is C17H24Si. The van der Waals surface area contributed by atoms with Gasteiger partial charge in [-0.15, -0.1) is 5.54 Å². The smallest absolute Gasteiger partial charge is 0.127 e. The van der Waals surface area contributed by atoms with Crippen LogP contribution in [0.15, 0.2) is 18.2 Å². The van der Waals surface area contributed by atoms with Gasteiger partial charge in [0.15, 0.2) is 0 Å². The minimum atomic E-state index is -1.27. The first kappa shape index (κ1) is 13.4. The Kier molecular flexibility index (Phi) is 3.42. The van der Waals surface area contributed by atoms with Crippen molar-refractivity contribution >= 4 is 8.07 Å². The standard InChI is InChI=1S/C17H24Si/c1-17(2)11-6-7-15-9-8-14(13-16(15)17)10-12-18(3,4)5/h8-9,13H,6-7,11H2,1-5H3. The maximum Gasteiger partial charge on any atom is 0.129 e. The quantitative estimate of drug-likeness (QED) is 0.472. The molecule has 0 saturated carbocycles. The highest BCUT2D eigenvalue weighted by molar-refractivity contribution is 6.83. The minimum Gasteiger partial charge on any atom is -0.127 e. The Bertz CT molecular complexity index is 507. The van der Waals surface area contributed by atoms with Crippen molar-refractivity contribution in [1.29, 1.82) is 0 Å². The molecule has 18 heavy (non-hydrogen) atoms. The summed E-state index contributed by atoms with van der Waals surface area (Å²) in [5.41, 5.74) is 8.04. The molecule has 0 amide bonds. The third kappa shape index (κ3) is 3.06. The first-order valence-corrected chi connectivity index (χ1v) is 10.4. The van der Waals surface area contributed by atoms with Crippen molar-refractivity contribution < 1.29 is 0 Å². The van der Waals surface area contributed by atoms with E-state index in [0.717, 1.165) is 0 Å². The molecule has 0 N–H and O–H groups in total. The van der Waals surface area contributed by atoms with Gasteiger partial charge in [0, 0.05) is 5.56 Å². The molecule has 0 bridgehead atoms. The third-order valence-corrected chi connectivity index (χ3v) is 4.54. The monoisotopic (exact) mass is 256 g/mol. The minimum absolute atomic E-state index is 0.324. The molecule has 0 heterocycles. The Morgan fingerprint density at radius 3 is 2.56 bits per heavy atom. The molecule has 1 heteroatoms. The predicted octanol–water partition coefficient (Wildman–Crippen LogP) is 4.53. The van der Waals surface area contributed by atoms with Crippen LogP contribution in [-0.4, -0.2) is 8.07 Å². The topological polar surface area (TPSA) is 0 Å². The van der Waals surface area contributed by atoms with E-state index in [-0.39, 0.29) is 0 Å². The van der Waals surface area contributed by atoms with Gasteiger partial charge in [0.2, 0.25) is 0 Å². The Hall–Kier alpha value is -1.00. The van der Waals surface area contributed by atoms with E-state index < -0.39 is 8.07 Å². The summed E-state index contributed by atoms with van der Waals surface area (Å²) in [6, 6.07) is 6.83. The number of aryl methyl sites for hydroxylation is 1. The molecule has 0 unspecified atom stereocenters.